The van der Waals surface area contributed by atoms with Crippen LogP contribution in [0.15, 0.2) is 47.4 Å². The van der Waals surface area contributed by atoms with Crippen molar-refractivity contribution in [3.05, 3.63) is 58.6 Å². The van der Waals surface area contributed by atoms with E-state index in [4.69, 9.17) is 16.3 Å². The Kier molecular flexibility index (Phi) is 6.04. The Morgan fingerprint density at radius 2 is 1.89 bits per heavy atom. The Morgan fingerprint density at radius 3 is 2.56 bits per heavy atom. The summed E-state index contributed by atoms with van der Waals surface area (Å²) in [5.74, 6) is 0.336. The molecule has 2 N–H and O–H groups in total. The van der Waals surface area contributed by atoms with Crippen LogP contribution in [0.5, 0.6) is 5.75 Å². The van der Waals surface area contributed by atoms with E-state index in [0.717, 1.165) is 24.2 Å². The predicted molar refractivity (Wildman–Crippen MR) is 104 cm³/mol. The Morgan fingerprint density at radius 1 is 1.19 bits per heavy atom. The van der Waals surface area contributed by atoms with Gasteiger partial charge in [-0.2, -0.15) is 0 Å². The van der Waals surface area contributed by atoms with Crippen LogP contribution in [0.25, 0.3) is 0 Å². The zero-order valence-electron chi connectivity index (χ0n) is 14.9. The largest absolute Gasteiger partial charge is 0.492 e. The summed E-state index contributed by atoms with van der Waals surface area (Å²) in [6.07, 6.45) is 1.63. The number of aryl methyl sites for hydroxylation is 1. The van der Waals surface area contributed by atoms with Crippen molar-refractivity contribution in [1.82, 2.24) is 10.0 Å². The summed E-state index contributed by atoms with van der Waals surface area (Å²) in [4.78, 5) is 12.2. The molecule has 1 amide bonds. The number of carbonyl (C=O) groups is 1. The second-order valence-electron chi connectivity index (χ2n) is 6.46. The fraction of sp³-hybridized carbons (Fsp3) is 0.316. The van der Waals surface area contributed by atoms with Crippen molar-refractivity contribution in [1.29, 1.82) is 0 Å². The van der Waals surface area contributed by atoms with Gasteiger partial charge in [-0.15, -0.1) is 0 Å². The minimum atomic E-state index is -3.74. The zero-order valence-corrected chi connectivity index (χ0v) is 16.4. The molecular formula is C19H21ClN2O4S. The maximum atomic E-state index is 12.4. The number of hydrogen-bond donors (Lipinski definition) is 2. The minimum Gasteiger partial charge on any atom is -0.492 e. The molecule has 0 unspecified atom stereocenters. The first-order valence-corrected chi connectivity index (χ1v) is 10.5. The minimum absolute atomic E-state index is 0.0394. The summed E-state index contributed by atoms with van der Waals surface area (Å²) in [6, 6.07) is 11.8. The standard InChI is InChI=1S/C19H21ClN2O4S/c1-13-2-7-16(8-3-13)26-11-10-21-19(23)14-4-9-17(20)18(12-14)27(24,25)22-15-5-6-15/h2-4,7-9,12,15,22H,5-6,10-11H2,1H3,(H,21,23). The molecule has 0 bridgehead atoms. The maximum Gasteiger partial charge on any atom is 0.251 e. The van der Waals surface area contributed by atoms with Crippen molar-refractivity contribution >= 4 is 27.5 Å². The van der Waals surface area contributed by atoms with Crippen molar-refractivity contribution < 1.29 is 17.9 Å². The van der Waals surface area contributed by atoms with E-state index < -0.39 is 10.0 Å². The van der Waals surface area contributed by atoms with Gasteiger partial charge in [-0.25, -0.2) is 13.1 Å². The summed E-state index contributed by atoms with van der Waals surface area (Å²) in [7, 11) is -3.74. The lowest BCUT2D eigenvalue weighted by Crippen LogP contribution is -2.29. The van der Waals surface area contributed by atoms with E-state index in [9.17, 15) is 13.2 Å². The normalized spacial score (nSPS) is 14.0. The van der Waals surface area contributed by atoms with Gasteiger partial charge >= 0.3 is 0 Å². The molecule has 1 saturated carbocycles. The molecule has 27 heavy (non-hydrogen) atoms. The third-order valence-corrected chi connectivity index (χ3v) is 6.06. The molecule has 2 aromatic carbocycles. The van der Waals surface area contributed by atoms with Gasteiger partial charge in [0, 0.05) is 11.6 Å². The molecule has 0 radical (unpaired) electrons. The molecule has 0 heterocycles. The lowest BCUT2D eigenvalue weighted by Gasteiger charge is -2.11. The van der Waals surface area contributed by atoms with Gasteiger partial charge in [0.25, 0.3) is 5.91 Å². The molecule has 0 atom stereocenters. The van der Waals surface area contributed by atoms with Gasteiger partial charge in [-0.05, 0) is 50.1 Å². The van der Waals surface area contributed by atoms with Crippen LogP contribution in [0.3, 0.4) is 0 Å². The van der Waals surface area contributed by atoms with E-state index >= 15 is 0 Å². The number of ether oxygens (including phenoxy) is 1. The van der Waals surface area contributed by atoms with E-state index in [1.165, 1.54) is 18.2 Å². The van der Waals surface area contributed by atoms with Gasteiger partial charge in [0.05, 0.1) is 11.6 Å². The summed E-state index contributed by atoms with van der Waals surface area (Å²) in [5.41, 5.74) is 1.37. The highest BCUT2D eigenvalue weighted by Gasteiger charge is 2.29. The monoisotopic (exact) mass is 408 g/mol. The van der Waals surface area contributed by atoms with Gasteiger partial charge in [0.15, 0.2) is 0 Å². The van der Waals surface area contributed by atoms with Crippen LogP contribution in [0.2, 0.25) is 5.02 Å². The summed E-state index contributed by atoms with van der Waals surface area (Å²) >= 11 is 6.02. The molecule has 2 aromatic rings. The van der Waals surface area contributed by atoms with Crippen molar-refractivity contribution in [2.24, 2.45) is 0 Å². The van der Waals surface area contributed by atoms with E-state index in [1.807, 2.05) is 31.2 Å². The van der Waals surface area contributed by atoms with Crippen LogP contribution in [0.4, 0.5) is 0 Å². The summed E-state index contributed by atoms with van der Waals surface area (Å²) in [6.45, 7) is 2.58. The first kappa shape index (κ1) is 19.7. The fourth-order valence-electron chi connectivity index (χ4n) is 2.40. The van der Waals surface area contributed by atoms with E-state index in [1.54, 1.807) is 0 Å². The Balaban J connectivity index is 1.58. The molecule has 0 aliphatic heterocycles. The molecule has 8 heteroatoms. The number of rotatable bonds is 8. The predicted octanol–water partition coefficient (Wildman–Crippen LogP) is 2.90. The number of amides is 1. The van der Waals surface area contributed by atoms with Crippen LogP contribution in [-0.2, 0) is 10.0 Å². The molecule has 1 aliphatic rings. The first-order chi connectivity index (χ1) is 12.8. The molecule has 0 spiro atoms. The second kappa shape index (κ2) is 8.29. The van der Waals surface area contributed by atoms with Gasteiger partial charge in [-0.3, -0.25) is 4.79 Å². The maximum absolute atomic E-state index is 12.4. The van der Waals surface area contributed by atoms with E-state index in [2.05, 4.69) is 10.0 Å². The van der Waals surface area contributed by atoms with E-state index in [0.29, 0.717) is 6.61 Å². The third-order valence-electron chi connectivity index (χ3n) is 4.06. The quantitative estimate of drug-likeness (QED) is 0.658. The molecular weight excluding hydrogens is 388 g/mol. The average Bonchev–Trinajstić information content (AvgIpc) is 3.43. The first-order valence-electron chi connectivity index (χ1n) is 8.65. The Bertz CT molecular complexity index is 925. The van der Waals surface area contributed by atoms with Crippen molar-refractivity contribution in [2.75, 3.05) is 13.2 Å². The highest BCUT2D eigenvalue weighted by atomic mass is 35.5. The average molecular weight is 409 g/mol. The van der Waals surface area contributed by atoms with Crippen LogP contribution < -0.4 is 14.8 Å². The van der Waals surface area contributed by atoms with Crippen molar-refractivity contribution in [3.63, 3.8) is 0 Å². The Labute approximate surface area is 163 Å². The van der Waals surface area contributed by atoms with Crippen LogP contribution in [0, 0.1) is 6.92 Å². The summed E-state index contributed by atoms with van der Waals surface area (Å²) in [5, 5.41) is 2.80. The van der Waals surface area contributed by atoms with Gasteiger partial charge < -0.3 is 10.1 Å². The van der Waals surface area contributed by atoms with Crippen LogP contribution in [0.1, 0.15) is 28.8 Å². The number of hydrogen-bond acceptors (Lipinski definition) is 4. The number of sulfonamides is 1. The molecule has 144 valence electrons. The second-order valence-corrected chi connectivity index (χ2v) is 8.55. The molecule has 0 aromatic heterocycles. The van der Waals surface area contributed by atoms with Crippen molar-refractivity contribution in [3.8, 4) is 5.75 Å². The molecule has 1 fully saturated rings. The van der Waals surface area contributed by atoms with Crippen LogP contribution in [-0.4, -0.2) is 33.5 Å². The Hall–Kier alpha value is -2.09. The van der Waals surface area contributed by atoms with Crippen LogP contribution >= 0.6 is 11.6 Å². The highest BCUT2D eigenvalue weighted by molar-refractivity contribution is 7.89. The number of halogens is 1. The zero-order chi connectivity index (χ0) is 19.4. The number of carbonyl (C=O) groups excluding carboxylic acids is 1. The van der Waals surface area contributed by atoms with Crippen molar-refractivity contribution in [2.45, 2.75) is 30.7 Å². The number of nitrogens with one attached hydrogen (secondary N) is 2. The third kappa shape index (κ3) is 5.45. The lowest BCUT2D eigenvalue weighted by molar-refractivity contribution is 0.0947. The lowest BCUT2D eigenvalue weighted by atomic mass is 10.2. The highest BCUT2D eigenvalue weighted by Crippen LogP contribution is 2.26. The molecule has 6 nitrogen and oxygen atoms in total. The molecule has 1 aliphatic carbocycles. The van der Waals surface area contributed by atoms with Gasteiger partial charge in [-0.1, -0.05) is 29.3 Å². The summed E-state index contributed by atoms with van der Waals surface area (Å²) < 4.78 is 32.9. The fourth-order valence-corrected chi connectivity index (χ4v) is 4.24. The number of benzene rings is 2. The topological polar surface area (TPSA) is 84.5 Å². The SMILES string of the molecule is Cc1ccc(OCCNC(=O)c2ccc(Cl)c(S(=O)(=O)NC3CC3)c2)cc1. The van der Waals surface area contributed by atoms with E-state index in [-0.39, 0.29) is 34.0 Å². The van der Waals surface area contributed by atoms with Gasteiger partial charge in [0.2, 0.25) is 10.0 Å². The smallest absolute Gasteiger partial charge is 0.251 e. The molecule has 3 rings (SSSR count). The van der Waals surface area contributed by atoms with Gasteiger partial charge in [0.1, 0.15) is 17.3 Å². The molecule has 0 saturated heterocycles.